The highest BCUT2D eigenvalue weighted by Gasteiger charge is 2.59. The van der Waals surface area contributed by atoms with Crippen molar-refractivity contribution in [3.63, 3.8) is 0 Å². The molecule has 16 heteroatoms. The second kappa shape index (κ2) is 9.31. The maximum Gasteiger partial charge on any atom is 0.426 e. The van der Waals surface area contributed by atoms with Gasteiger partial charge in [-0.05, 0) is 38.2 Å². The zero-order chi connectivity index (χ0) is 29.3. The van der Waals surface area contributed by atoms with E-state index in [0.29, 0.717) is 32.0 Å². The Bertz CT molecular complexity index is 1330. The van der Waals surface area contributed by atoms with Crippen LogP contribution >= 0.6 is 0 Å². The van der Waals surface area contributed by atoms with E-state index in [1.165, 1.54) is 11.8 Å². The van der Waals surface area contributed by atoms with Gasteiger partial charge < -0.3 is 25.1 Å². The maximum atomic E-state index is 14.0. The van der Waals surface area contributed by atoms with E-state index >= 15 is 0 Å². The molecule has 0 radical (unpaired) electrons. The van der Waals surface area contributed by atoms with Gasteiger partial charge in [0.05, 0.1) is 11.3 Å². The summed E-state index contributed by atoms with van der Waals surface area (Å²) in [5.41, 5.74) is -1.66. The van der Waals surface area contributed by atoms with E-state index in [1.54, 1.807) is 4.90 Å². The van der Waals surface area contributed by atoms with Gasteiger partial charge in [0.2, 0.25) is 11.5 Å². The van der Waals surface area contributed by atoms with Crippen molar-refractivity contribution in [3.8, 4) is 11.6 Å². The second-order valence-electron chi connectivity index (χ2n) is 10.8. The maximum absolute atomic E-state index is 14.0. The van der Waals surface area contributed by atoms with E-state index in [2.05, 4.69) is 15.2 Å². The van der Waals surface area contributed by atoms with Crippen LogP contribution in [0.1, 0.15) is 67.4 Å². The molecule has 1 saturated heterocycles. The number of carbonyl (C=O) groups excluding carboxylic acids is 2. The lowest BCUT2D eigenvalue weighted by Crippen LogP contribution is -2.67. The highest BCUT2D eigenvalue weighted by atomic mass is 19.4. The van der Waals surface area contributed by atoms with Gasteiger partial charge in [0, 0.05) is 38.0 Å². The molecule has 3 aliphatic rings. The number of hydrogen-bond acceptors (Lipinski definition) is 8. The number of amides is 2. The average molecular weight is 576 g/mol. The van der Waals surface area contributed by atoms with Gasteiger partial charge in [-0.2, -0.15) is 26.3 Å². The number of fused-ring (bicyclic) bond motifs is 5. The van der Waals surface area contributed by atoms with Crippen molar-refractivity contribution in [3.05, 3.63) is 23.2 Å². The molecule has 2 amide bonds. The Balaban J connectivity index is 1.55. The predicted molar refractivity (Wildman–Crippen MR) is 124 cm³/mol. The highest BCUT2D eigenvalue weighted by Crippen LogP contribution is 2.51. The molecule has 4 heterocycles. The van der Waals surface area contributed by atoms with Gasteiger partial charge in [-0.25, -0.2) is 4.98 Å². The van der Waals surface area contributed by atoms with Crippen LogP contribution in [0.3, 0.4) is 0 Å². The normalized spacial score (nSPS) is 23.9. The molecule has 2 aromatic rings. The zero-order valence-corrected chi connectivity index (χ0v) is 21.3. The molecule has 1 aliphatic carbocycles. The Morgan fingerprint density at radius 3 is 2.38 bits per heavy atom. The van der Waals surface area contributed by atoms with Gasteiger partial charge in [-0.15, -0.1) is 10.2 Å². The molecule has 3 N–H and O–H groups in total. The first-order valence-corrected chi connectivity index (χ1v) is 12.6. The van der Waals surface area contributed by atoms with Crippen LogP contribution in [0.2, 0.25) is 0 Å². The number of aromatic nitrogens is 3. The fraction of sp³-hybridized carbons (Fsp3) is 0.625. The molecule has 2 aromatic heterocycles. The minimum atomic E-state index is -5.20. The van der Waals surface area contributed by atoms with Gasteiger partial charge in [-0.1, -0.05) is 6.42 Å². The summed E-state index contributed by atoms with van der Waals surface area (Å²) in [6.07, 6.45) is -10.0. The molecule has 2 fully saturated rings. The van der Waals surface area contributed by atoms with Crippen molar-refractivity contribution in [1.82, 2.24) is 25.0 Å². The molecular formula is C24H26F6N6O4. The Hall–Kier alpha value is -3.43. The van der Waals surface area contributed by atoms with Crippen LogP contribution in [0, 0.1) is 5.41 Å². The number of rotatable bonds is 1. The van der Waals surface area contributed by atoms with E-state index < -0.39 is 70.7 Å². The molecule has 4 bridgehead atoms. The third-order valence-corrected chi connectivity index (χ3v) is 7.98. The minimum absolute atomic E-state index is 0.0441. The number of nitrogens with two attached hydrogens (primary N) is 1. The summed E-state index contributed by atoms with van der Waals surface area (Å²) in [5, 5.41) is 17.3. The molecule has 5 rings (SSSR count). The van der Waals surface area contributed by atoms with Crippen molar-refractivity contribution in [2.45, 2.75) is 69.4 Å². The summed E-state index contributed by atoms with van der Waals surface area (Å²) in [7, 11) is 0. The number of likely N-dealkylation sites (tertiary alicyclic amines) is 1. The quantitative estimate of drug-likeness (QED) is 0.492. The summed E-state index contributed by atoms with van der Waals surface area (Å²) in [5.74, 6) is -3.09. The molecule has 40 heavy (non-hydrogen) atoms. The fourth-order valence-corrected chi connectivity index (χ4v) is 5.77. The zero-order valence-electron chi connectivity index (χ0n) is 21.3. The smallest absolute Gasteiger partial charge is 0.416 e. The van der Waals surface area contributed by atoms with Gasteiger partial charge in [-0.3, -0.25) is 9.59 Å². The number of aliphatic hydroxyl groups is 1. The number of alkyl halides is 6. The molecule has 0 aromatic carbocycles. The van der Waals surface area contributed by atoms with E-state index in [1.807, 2.05) is 0 Å². The van der Waals surface area contributed by atoms with Crippen molar-refractivity contribution < 1.29 is 45.5 Å². The Morgan fingerprint density at radius 2 is 1.77 bits per heavy atom. The lowest BCUT2D eigenvalue weighted by Gasteiger charge is -2.60. The number of nitrogens with zero attached hydrogens (tertiary/aromatic N) is 5. The van der Waals surface area contributed by atoms with Gasteiger partial charge in [0.1, 0.15) is 5.69 Å². The summed E-state index contributed by atoms with van der Waals surface area (Å²) in [6, 6.07) is -0.00114. The molecule has 2 aliphatic heterocycles. The Morgan fingerprint density at radius 1 is 1.10 bits per heavy atom. The van der Waals surface area contributed by atoms with Crippen molar-refractivity contribution in [2.24, 2.45) is 5.41 Å². The Kier molecular flexibility index (Phi) is 6.54. The number of pyridine rings is 1. The van der Waals surface area contributed by atoms with Crippen molar-refractivity contribution in [2.75, 3.05) is 25.4 Å². The average Bonchev–Trinajstić information content (AvgIpc) is 3.28. The lowest BCUT2D eigenvalue weighted by atomic mass is 9.60. The third-order valence-electron chi connectivity index (χ3n) is 7.98. The molecule has 1 saturated carbocycles. The van der Waals surface area contributed by atoms with Crippen LogP contribution in [0.5, 0.6) is 0 Å². The van der Waals surface area contributed by atoms with Crippen LogP contribution in [0.4, 0.5) is 32.0 Å². The molecule has 1 spiro atoms. The number of anilines is 1. The van der Waals surface area contributed by atoms with Crippen molar-refractivity contribution >= 4 is 17.5 Å². The first-order valence-electron chi connectivity index (χ1n) is 12.6. The van der Waals surface area contributed by atoms with Crippen molar-refractivity contribution in [1.29, 1.82) is 0 Å². The highest BCUT2D eigenvalue weighted by molar-refractivity contribution is 5.95. The van der Waals surface area contributed by atoms with Gasteiger partial charge in [0.25, 0.3) is 17.7 Å². The number of hydrogen-bond donors (Lipinski definition) is 2. The monoisotopic (exact) mass is 576 g/mol. The number of nitrogen functional groups attached to an aromatic ring is 1. The molecule has 1 atom stereocenters. The van der Waals surface area contributed by atoms with E-state index in [-0.39, 0.29) is 37.1 Å². The summed E-state index contributed by atoms with van der Waals surface area (Å²) < 4.78 is 88.8. The lowest BCUT2D eigenvalue weighted by molar-refractivity contribution is -0.277. The minimum Gasteiger partial charge on any atom is -0.416 e. The molecule has 218 valence electrons. The third kappa shape index (κ3) is 4.65. The van der Waals surface area contributed by atoms with Gasteiger partial charge in [0.15, 0.2) is 5.69 Å². The summed E-state index contributed by atoms with van der Waals surface area (Å²) >= 11 is 0. The molecular weight excluding hydrogens is 550 g/mol. The van der Waals surface area contributed by atoms with E-state index in [4.69, 9.17) is 10.2 Å². The molecule has 0 unspecified atom stereocenters. The van der Waals surface area contributed by atoms with Crippen LogP contribution in [-0.2, 0) is 16.6 Å². The van der Waals surface area contributed by atoms with E-state index in [0.717, 1.165) is 0 Å². The van der Waals surface area contributed by atoms with Crippen LogP contribution in [0.25, 0.3) is 11.6 Å². The molecule has 10 nitrogen and oxygen atoms in total. The second-order valence-corrected chi connectivity index (χ2v) is 10.8. The predicted octanol–water partition coefficient (Wildman–Crippen LogP) is 3.51. The first kappa shape index (κ1) is 28.1. The summed E-state index contributed by atoms with van der Waals surface area (Å²) in [4.78, 5) is 32.0. The van der Waals surface area contributed by atoms with E-state index in [9.17, 15) is 41.0 Å². The topological polar surface area (TPSA) is 139 Å². The van der Waals surface area contributed by atoms with Gasteiger partial charge >= 0.3 is 12.4 Å². The van der Waals surface area contributed by atoms with Crippen LogP contribution < -0.4 is 5.73 Å². The van der Waals surface area contributed by atoms with Crippen LogP contribution in [-0.4, -0.2) is 73.8 Å². The standard InChI is InChI=1S/C24H26F6N6O4/c1-12(37)35-10-21(11-35)8-13(9-21)36-6-4-2-3-5-22(39,24(28,29)30)20-34-33-18(40-20)17-15(31)7-14(23(25,26)27)16(32-17)19(36)38/h7,13,39H,2-6,8-11,31H2,1H3/t22-/m1/s1. The van der Waals surface area contributed by atoms with Crippen LogP contribution in [0.15, 0.2) is 10.5 Å². The number of halogens is 6. The largest absolute Gasteiger partial charge is 0.426 e. The fourth-order valence-electron chi connectivity index (χ4n) is 5.77. The SMILES string of the molecule is CC(=O)N1CC2(CC(N3CCCCC[C@](O)(C(F)(F)F)c4nnc(o4)-c4nc(c(C(F)(F)F)cc4N)C3=O)C2)C1. The Labute approximate surface area is 223 Å². The number of carbonyl (C=O) groups is 2. The first-order chi connectivity index (χ1) is 18.5. The summed E-state index contributed by atoms with van der Waals surface area (Å²) in [6.45, 7) is 2.35.